The van der Waals surface area contributed by atoms with Crippen LogP contribution in [0.5, 0.6) is 0 Å². The summed E-state index contributed by atoms with van der Waals surface area (Å²) in [4.78, 5) is 8.90. The van der Waals surface area contributed by atoms with E-state index < -0.39 is 10.0 Å². The van der Waals surface area contributed by atoms with Crippen molar-refractivity contribution in [2.45, 2.75) is 18.2 Å². The second-order valence-corrected chi connectivity index (χ2v) is 8.30. The van der Waals surface area contributed by atoms with Gasteiger partial charge in [0, 0.05) is 25.6 Å². The van der Waals surface area contributed by atoms with Gasteiger partial charge >= 0.3 is 0 Å². The van der Waals surface area contributed by atoms with Gasteiger partial charge in [0.15, 0.2) is 0 Å². The number of hydrogen-bond donors (Lipinski definition) is 1. The van der Waals surface area contributed by atoms with Crippen LogP contribution in [0.1, 0.15) is 11.5 Å². The number of nitrogens with zero attached hydrogens (tertiary/aromatic N) is 4. The lowest BCUT2D eigenvalue weighted by atomic mass is 10.2. The van der Waals surface area contributed by atoms with Crippen molar-refractivity contribution in [1.82, 2.24) is 24.4 Å². The molecule has 9 heteroatoms. The van der Waals surface area contributed by atoms with Gasteiger partial charge in [0.1, 0.15) is 0 Å². The molecule has 0 saturated heterocycles. The van der Waals surface area contributed by atoms with Gasteiger partial charge < -0.3 is 9.09 Å². The predicted molar refractivity (Wildman–Crippen MR) is 104 cm³/mol. The fourth-order valence-electron chi connectivity index (χ4n) is 2.84. The number of aromatic nitrogens is 4. The number of hydrogen-bond acceptors (Lipinski definition) is 6. The summed E-state index contributed by atoms with van der Waals surface area (Å²) in [5.41, 5.74) is 3.65. The Morgan fingerprint density at radius 3 is 2.71 bits per heavy atom. The average Bonchev–Trinajstić information content (AvgIpc) is 3.29. The second-order valence-electron chi connectivity index (χ2n) is 6.53. The van der Waals surface area contributed by atoms with Crippen LogP contribution >= 0.6 is 0 Å². The molecule has 2 aromatic carbocycles. The van der Waals surface area contributed by atoms with E-state index in [1.807, 2.05) is 36.7 Å². The van der Waals surface area contributed by atoms with Gasteiger partial charge in [-0.25, -0.2) is 18.1 Å². The molecule has 0 amide bonds. The number of rotatable bonds is 6. The molecule has 4 aromatic rings. The standard InChI is InChI=1S/C19H19N5O3S/c1-13-3-6-15(7-4-13)28(25,26)21-10-9-18-22-19(23-27-18)14-5-8-17-16(11-14)20-12-24(17)2/h3-8,11-12,21H,9-10H2,1-2H3. The van der Waals surface area contributed by atoms with E-state index in [9.17, 15) is 8.42 Å². The number of fused-ring (bicyclic) bond motifs is 1. The molecule has 0 spiro atoms. The third-order valence-corrected chi connectivity index (χ3v) is 5.89. The first-order valence-corrected chi connectivity index (χ1v) is 10.2. The molecule has 2 heterocycles. The number of sulfonamides is 1. The maximum Gasteiger partial charge on any atom is 0.240 e. The SMILES string of the molecule is Cc1ccc(S(=O)(=O)NCCc2nc(-c3ccc4c(c3)ncn4C)no2)cc1. The van der Waals surface area contributed by atoms with Crippen molar-refractivity contribution >= 4 is 21.1 Å². The summed E-state index contributed by atoms with van der Waals surface area (Å²) in [5.74, 6) is 0.812. The summed E-state index contributed by atoms with van der Waals surface area (Å²) in [6, 6.07) is 12.4. The van der Waals surface area contributed by atoms with Crippen LogP contribution in [-0.2, 0) is 23.5 Å². The van der Waals surface area contributed by atoms with Crippen LogP contribution in [0.4, 0.5) is 0 Å². The maximum absolute atomic E-state index is 12.3. The highest BCUT2D eigenvalue weighted by molar-refractivity contribution is 7.89. The monoisotopic (exact) mass is 397 g/mol. The van der Waals surface area contributed by atoms with E-state index in [4.69, 9.17) is 4.52 Å². The summed E-state index contributed by atoms with van der Waals surface area (Å²) >= 11 is 0. The van der Waals surface area contributed by atoms with Gasteiger partial charge in [-0.3, -0.25) is 0 Å². The zero-order valence-corrected chi connectivity index (χ0v) is 16.3. The molecule has 0 aliphatic rings. The molecule has 28 heavy (non-hydrogen) atoms. The van der Waals surface area contributed by atoms with Crippen LogP contribution in [0.3, 0.4) is 0 Å². The van der Waals surface area contributed by atoms with Gasteiger partial charge in [0.2, 0.25) is 21.7 Å². The lowest BCUT2D eigenvalue weighted by Gasteiger charge is -2.05. The highest BCUT2D eigenvalue weighted by Crippen LogP contribution is 2.21. The van der Waals surface area contributed by atoms with Crippen molar-refractivity contribution in [2.24, 2.45) is 7.05 Å². The lowest BCUT2D eigenvalue weighted by Crippen LogP contribution is -2.26. The summed E-state index contributed by atoms with van der Waals surface area (Å²) in [6.07, 6.45) is 2.04. The van der Waals surface area contributed by atoms with Gasteiger partial charge in [0.05, 0.1) is 22.3 Å². The molecule has 144 valence electrons. The van der Waals surface area contributed by atoms with Crippen molar-refractivity contribution in [2.75, 3.05) is 6.54 Å². The van der Waals surface area contributed by atoms with Gasteiger partial charge in [-0.15, -0.1) is 0 Å². The molecule has 0 fully saturated rings. The highest BCUT2D eigenvalue weighted by atomic mass is 32.2. The Bertz CT molecular complexity index is 1230. The van der Waals surface area contributed by atoms with E-state index in [0.29, 0.717) is 18.1 Å². The summed E-state index contributed by atoms with van der Waals surface area (Å²) < 4.78 is 34.3. The van der Waals surface area contributed by atoms with Crippen LogP contribution in [-0.4, -0.2) is 34.7 Å². The van der Waals surface area contributed by atoms with Gasteiger partial charge in [-0.2, -0.15) is 4.98 Å². The first-order chi connectivity index (χ1) is 13.4. The molecule has 0 atom stereocenters. The quantitative estimate of drug-likeness (QED) is 0.536. The molecule has 0 aliphatic carbocycles. The van der Waals surface area contributed by atoms with Crippen LogP contribution in [0.25, 0.3) is 22.4 Å². The fourth-order valence-corrected chi connectivity index (χ4v) is 3.87. The third-order valence-electron chi connectivity index (χ3n) is 4.41. The van der Waals surface area contributed by atoms with E-state index >= 15 is 0 Å². The number of nitrogens with one attached hydrogen (secondary N) is 1. The predicted octanol–water partition coefficient (Wildman–Crippen LogP) is 2.45. The van der Waals surface area contributed by atoms with E-state index in [1.54, 1.807) is 30.6 Å². The van der Waals surface area contributed by atoms with Crippen LogP contribution in [0, 0.1) is 6.92 Å². The summed E-state index contributed by atoms with van der Waals surface area (Å²) in [7, 11) is -1.64. The molecular formula is C19H19N5O3S. The minimum absolute atomic E-state index is 0.164. The van der Waals surface area contributed by atoms with Crippen molar-refractivity contribution < 1.29 is 12.9 Å². The minimum Gasteiger partial charge on any atom is -0.339 e. The number of aryl methyl sites for hydroxylation is 2. The Kier molecular flexibility index (Phi) is 4.70. The molecule has 2 aromatic heterocycles. The zero-order chi connectivity index (χ0) is 19.7. The van der Waals surface area contributed by atoms with Crippen molar-refractivity contribution in [3.05, 3.63) is 60.2 Å². The lowest BCUT2D eigenvalue weighted by molar-refractivity contribution is 0.379. The Hall–Kier alpha value is -3.04. The normalized spacial score (nSPS) is 11.9. The second kappa shape index (κ2) is 7.17. The molecule has 4 rings (SSSR count). The molecule has 8 nitrogen and oxygen atoms in total. The molecule has 0 aliphatic heterocycles. The van der Waals surface area contributed by atoms with Crippen molar-refractivity contribution in [3.8, 4) is 11.4 Å². The third kappa shape index (κ3) is 3.67. The van der Waals surface area contributed by atoms with Crippen LogP contribution < -0.4 is 4.72 Å². The molecule has 0 saturated carbocycles. The smallest absolute Gasteiger partial charge is 0.240 e. The van der Waals surface area contributed by atoms with Crippen molar-refractivity contribution in [1.29, 1.82) is 0 Å². The van der Waals surface area contributed by atoms with Gasteiger partial charge in [0.25, 0.3) is 0 Å². The molecule has 1 N–H and O–H groups in total. The average molecular weight is 397 g/mol. The maximum atomic E-state index is 12.3. The number of imidazole rings is 1. The molecular weight excluding hydrogens is 378 g/mol. The van der Waals surface area contributed by atoms with Crippen LogP contribution in [0.2, 0.25) is 0 Å². The highest BCUT2D eigenvalue weighted by Gasteiger charge is 2.15. The Morgan fingerprint density at radius 2 is 1.93 bits per heavy atom. The molecule has 0 bridgehead atoms. The molecule has 0 radical (unpaired) electrons. The Morgan fingerprint density at radius 1 is 1.14 bits per heavy atom. The van der Waals surface area contributed by atoms with Gasteiger partial charge in [-0.1, -0.05) is 22.9 Å². The van der Waals surface area contributed by atoms with E-state index in [1.165, 1.54) is 0 Å². The largest absolute Gasteiger partial charge is 0.339 e. The van der Waals surface area contributed by atoms with E-state index in [0.717, 1.165) is 22.2 Å². The summed E-state index contributed by atoms with van der Waals surface area (Å²) in [5, 5.41) is 3.99. The fraction of sp³-hybridized carbons (Fsp3) is 0.211. The Balaban J connectivity index is 1.42. The minimum atomic E-state index is -3.56. The van der Waals surface area contributed by atoms with E-state index in [-0.39, 0.29) is 11.4 Å². The number of benzene rings is 2. The Labute approximate surface area is 162 Å². The molecule has 0 unspecified atom stereocenters. The zero-order valence-electron chi connectivity index (χ0n) is 15.5. The topological polar surface area (TPSA) is 103 Å². The first kappa shape index (κ1) is 18.3. The van der Waals surface area contributed by atoms with Crippen molar-refractivity contribution in [3.63, 3.8) is 0 Å². The van der Waals surface area contributed by atoms with Crippen LogP contribution in [0.15, 0.2) is 58.2 Å². The van der Waals surface area contributed by atoms with E-state index in [2.05, 4.69) is 19.8 Å². The van der Waals surface area contributed by atoms with Gasteiger partial charge in [-0.05, 0) is 37.3 Å². The summed E-state index contributed by atoms with van der Waals surface area (Å²) in [6.45, 7) is 2.07. The first-order valence-electron chi connectivity index (χ1n) is 8.73.